The highest BCUT2D eigenvalue weighted by molar-refractivity contribution is 6.22. The maximum absolute atomic E-state index is 10.8. The molecule has 4 nitrogen and oxygen atoms in total. The van der Waals surface area contributed by atoms with E-state index in [0.717, 1.165) is 0 Å². The van der Waals surface area contributed by atoms with E-state index in [9.17, 15) is 4.79 Å². The van der Waals surface area contributed by atoms with Crippen LogP contribution in [0.25, 0.3) is 0 Å². The molecule has 1 fully saturated rings. The molecule has 0 aromatic heterocycles. The van der Waals surface area contributed by atoms with Crippen LogP contribution in [0.4, 0.5) is 0 Å². The minimum atomic E-state index is -0.818. The first-order valence-electron chi connectivity index (χ1n) is 4.95. The summed E-state index contributed by atoms with van der Waals surface area (Å²) in [4.78, 5) is 12.7. The normalized spacial score (nSPS) is 30.5. The third-order valence-corrected chi connectivity index (χ3v) is 3.10. The van der Waals surface area contributed by atoms with E-state index in [-0.39, 0.29) is 17.0 Å². The summed E-state index contributed by atoms with van der Waals surface area (Å²) in [5.41, 5.74) is -0.395. The van der Waals surface area contributed by atoms with Gasteiger partial charge in [-0.3, -0.25) is 9.69 Å². The van der Waals surface area contributed by atoms with Gasteiger partial charge in [0, 0.05) is 12.6 Å². The second kappa shape index (κ2) is 5.34. The number of rotatable bonds is 4. The number of alkyl halides is 2. The van der Waals surface area contributed by atoms with Crippen molar-refractivity contribution in [2.24, 2.45) is 0 Å². The molecular weight excluding hydrogens is 239 g/mol. The molecule has 1 saturated heterocycles. The number of halogens is 2. The van der Waals surface area contributed by atoms with Gasteiger partial charge in [0.15, 0.2) is 0 Å². The molecule has 0 amide bonds. The van der Waals surface area contributed by atoms with Gasteiger partial charge in [0.1, 0.15) is 6.04 Å². The van der Waals surface area contributed by atoms with Crippen molar-refractivity contribution in [3.05, 3.63) is 0 Å². The van der Waals surface area contributed by atoms with Crippen molar-refractivity contribution < 1.29 is 9.90 Å². The second-order valence-corrected chi connectivity index (χ2v) is 5.05. The Labute approximate surface area is 99.5 Å². The summed E-state index contributed by atoms with van der Waals surface area (Å²) in [6.45, 7) is 4.30. The Hall–Kier alpha value is -0.0300. The molecule has 15 heavy (non-hydrogen) atoms. The van der Waals surface area contributed by atoms with Gasteiger partial charge in [-0.05, 0) is 20.3 Å². The first-order valence-corrected chi connectivity index (χ1v) is 5.82. The van der Waals surface area contributed by atoms with Gasteiger partial charge in [-0.25, -0.2) is 0 Å². The standard InChI is InChI=1S/C9H16Cl2N2O2/c1-5(10)13(6(2)11)7-3-8(9(14)15)12-4-7/h5-8,12H,3-4H2,1-2H3,(H,14,15)/t5?,6?,7?,8-/m0/s1. The number of hydrogen-bond donors (Lipinski definition) is 2. The maximum atomic E-state index is 10.8. The SMILES string of the molecule is CC(Cl)N(C(C)Cl)C1CN[C@H](C(=O)O)C1. The molecule has 0 radical (unpaired) electrons. The van der Waals surface area contributed by atoms with Gasteiger partial charge in [0.05, 0.1) is 11.0 Å². The average molecular weight is 255 g/mol. The predicted molar refractivity (Wildman–Crippen MR) is 60.3 cm³/mol. The Balaban J connectivity index is 2.61. The summed E-state index contributed by atoms with van der Waals surface area (Å²) >= 11 is 12.0. The van der Waals surface area contributed by atoms with Crippen LogP contribution < -0.4 is 5.32 Å². The van der Waals surface area contributed by atoms with Gasteiger partial charge in [-0.15, -0.1) is 23.2 Å². The van der Waals surface area contributed by atoms with Crippen molar-refractivity contribution in [3.63, 3.8) is 0 Å². The van der Waals surface area contributed by atoms with E-state index in [1.54, 1.807) is 0 Å². The molecule has 6 heteroatoms. The molecule has 1 heterocycles. The third kappa shape index (κ3) is 3.21. The lowest BCUT2D eigenvalue weighted by atomic mass is 10.1. The van der Waals surface area contributed by atoms with Crippen LogP contribution in [0.1, 0.15) is 20.3 Å². The molecule has 2 N–H and O–H groups in total. The Morgan fingerprint density at radius 1 is 1.47 bits per heavy atom. The quantitative estimate of drug-likeness (QED) is 0.586. The van der Waals surface area contributed by atoms with Crippen molar-refractivity contribution in [1.82, 2.24) is 10.2 Å². The van der Waals surface area contributed by atoms with Crippen LogP contribution in [0, 0.1) is 0 Å². The summed E-state index contributed by atoms with van der Waals surface area (Å²) in [6, 6.07) is -0.394. The molecule has 0 spiro atoms. The van der Waals surface area contributed by atoms with E-state index in [0.29, 0.717) is 13.0 Å². The molecular formula is C9H16Cl2N2O2. The molecule has 0 aromatic carbocycles. The molecule has 1 aliphatic heterocycles. The molecule has 0 saturated carbocycles. The number of carbonyl (C=O) groups is 1. The van der Waals surface area contributed by atoms with Crippen LogP contribution in [-0.4, -0.2) is 45.6 Å². The van der Waals surface area contributed by atoms with E-state index in [2.05, 4.69) is 5.32 Å². The topological polar surface area (TPSA) is 52.6 Å². The zero-order valence-electron chi connectivity index (χ0n) is 8.78. The zero-order valence-corrected chi connectivity index (χ0v) is 10.3. The Kier molecular flexibility index (Phi) is 4.64. The van der Waals surface area contributed by atoms with Gasteiger partial charge >= 0.3 is 5.97 Å². The minimum absolute atomic E-state index is 0.0890. The zero-order chi connectivity index (χ0) is 11.6. The number of nitrogens with one attached hydrogen (secondary N) is 1. The lowest BCUT2D eigenvalue weighted by Crippen LogP contribution is -2.44. The molecule has 1 rings (SSSR count). The number of aliphatic carboxylic acids is 1. The van der Waals surface area contributed by atoms with Crippen molar-refractivity contribution in [2.75, 3.05) is 6.54 Å². The first kappa shape index (κ1) is 13.0. The average Bonchev–Trinajstić information content (AvgIpc) is 2.51. The third-order valence-electron chi connectivity index (χ3n) is 2.65. The number of carboxylic acid groups (broad SMARTS) is 1. The van der Waals surface area contributed by atoms with Crippen LogP contribution in [0.5, 0.6) is 0 Å². The Morgan fingerprint density at radius 2 is 2.00 bits per heavy atom. The van der Waals surface area contributed by atoms with Crippen molar-refractivity contribution in [2.45, 2.75) is 43.4 Å². The molecule has 88 valence electrons. The summed E-state index contributed by atoms with van der Waals surface area (Å²) in [5.74, 6) is -0.818. The minimum Gasteiger partial charge on any atom is -0.480 e. The summed E-state index contributed by atoms with van der Waals surface area (Å²) in [7, 11) is 0. The van der Waals surface area contributed by atoms with E-state index in [4.69, 9.17) is 28.3 Å². The van der Waals surface area contributed by atoms with E-state index in [1.807, 2.05) is 18.7 Å². The lowest BCUT2D eigenvalue weighted by molar-refractivity contribution is -0.139. The van der Waals surface area contributed by atoms with Crippen LogP contribution in [0.3, 0.4) is 0 Å². The largest absolute Gasteiger partial charge is 0.480 e. The van der Waals surface area contributed by atoms with Crippen molar-refractivity contribution >= 4 is 29.2 Å². The lowest BCUT2D eigenvalue weighted by Gasteiger charge is -2.32. The Bertz CT molecular complexity index is 228. The van der Waals surface area contributed by atoms with Crippen molar-refractivity contribution in [1.29, 1.82) is 0 Å². The van der Waals surface area contributed by atoms with Gasteiger partial charge in [-0.2, -0.15) is 0 Å². The number of hydrogen-bond acceptors (Lipinski definition) is 3. The van der Waals surface area contributed by atoms with E-state index >= 15 is 0 Å². The molecule has 0 aliphatic carbocycles. The van der Waals surface area contributed by atoms with E-state index < -0.39 is 12.0 Å². The highest BCUT2D eigenvalue weighted by Crippen LogP contribution is 2.22. The number of carboxylic acids is 1. The van der Waals surface area contributed by atoms with E-state index in [1.165, 1.54) is 0 Å². The molecule has 1 aliphatic rings. The van der Waals surface area contributed by atoms with Crippen molar-refractivity contribution in [3.8, 4) is 0 Å². The fourth-order valence-corrected chi connectivity index (χ4v) is 2.71. The number of nitrogens with zero attached hydrogens (tertiary/aromatic N) is 1. The molecule has 3 unspecified atom stereocenters. The fourth-order valence-electron chi connectivity index (χ4n) is 2.00. The van der Waals surface area contributed by atoms with Crippen LogP contribution in [-0.2, 0) is 4.79 Å². The Morgan fingerprint density at radius 3 is 2.33 bits per heavy atom. The molecule has 4 atom stereocenters. The summed E-state index contributed by atoms with van der Waals surface area (Å²) in [5, 5.41) is 11.8. The smallest absolute Gasteiger partial charge is 0.320 e. The first-order chi connectivity index (χ1) is 6.93. The fraction of sp³-hybridized carbons (Fsp3) is 0.889. The summed E-state index contributed by atoms with van der Waals surface area (Å²) in [6.07, 6.45) is 0.545. The van der Waals surface area contributed by atoms with Crippen LogP contribution in [0.15, 0.2) is 0 Å². The highest BCUT2D eigenvalue weighted by atomic mass is 35.5. The van der Waals surface area contributed by atoms with Gasteiger partial charge in [0.2, 0.25) is 0 Å². The molecule has 0 aromatic rings. The monoisotopic (exact) mass is 254 g/mol. The summed E-state index contributed by atoms with van der Waals surface area (Å²) < 4.78 is 0. The predicted octanol–water partition coefficient (Wildman–Crippen LogP) is 1.27. The van der Waals surface area contributed by atoms with Gasteiger partial charge in [-0.1, -0.05) is 0 Å². The van der Waals surface area contributed by atoms with Gasteiger partial charge in [0.25, 0.3) is 0 Å². The maximum Gasteiger partial charge on any atom is 0.320 e. The highest BCUT2D eigenvalue weighted by Gasteiger charge is 2.35. The molecule has 0 bridgehead atoms. The second-order valence-electron chi connectivity index (χ2n) is 3.78. The van der Waals surface area contributed by atoms with Gasteiger partial charge < -0.3 is 10.4 Å². The van der Waals surface area contributed by atoms with Crippen LogP contribution in [0.2, 0.25) is 0 Å². The van der Waals surface area contributed by atoms with Crippen LogP contribution >= 0.6 is 23.2 Å².